The lowest BCUT2D eigenvalue weighted by Gasteiger charge is -2.14. The van der Waals surface area contributed by atoms with Crippen LogP contribution in [0.4, 0.5) is 0 Å². The molecule has 1 heterocycles. The zero-order chi connectivity index (χ0) is 11.7. The number of rotatable bonds is 5. The van der Waals surface area contributed by atoms with Gasteiger partial charge < -0.3 is 0 Å². The first kappa shape index (κ1) is 12.4. The number of ketones is 1. The molecule has 16 heavy (non-hydrogen) atoms. The van der Waals surface area contributed by atoms with Gasteiger partial charge >= 0.3 is 0 Å². The first-order valence-corrected chi connectivity index (χ1v) is 6.80. The van der Waals surface area contributed by atoms with E-state index < -0.39 is 0 Å². The molecule has 1 aromatic rings. The predicted octanol–water partition coefficient (Wildman–Crippen LogP) is 3.58. The lowest BCUT2D eigenvalue weighted by Crippen LogP contribution is -2.27. The number of carbonyl (C=O) groups is 1. The highest BCUT2D eigenvalue weighted by Gasteiger charge is 2.24. The molecular weight excluding hydrogens is 265 g/mol. The second kappa shape index (κ2) is 5.05. The summed E-state index contributed by atoms with van der Waals surface area (Å²) < 4.78 is 1.06. The van der Waals surface area contributed by atoms with Crippen molar-refractivity contribution in [3.05, 3.63) is 20.3 Å². The fourth-order valence-electron chi connectivity index (χ4n) is 1.67. The van der Waals surface area contributed by atoms with E-state index in [9.17, 15) is 4.79 Å². The largest absolute Gasteiger partial charge is 0.299 e. The summed E-state index contributed by atoms with van der Waals surface area (Å²) in [6.07, 6.45) is 2.59. The number of likely N-dealkylation sites (N-methyl/N-ethyl adjacent to an activating group) is 1. The number of carbonyl (C=O) groups excluding carboxylic acids is 1. The molecule has 0 atom stereocenters. The molecule has 0 saturated heterocycles. The van der Waals surface area contributed by atoms with Gasteiger partial charge in [0.1, 0.15) is 4.34 Å². The quantitative estimate of drug-likeness (QED) is 0.767. The minimum atomic E-state index is 0.0521. The average Bonchev–Trinajstić information content (AvgIpc) is 2.90. The van der Waals surface area contributed by atoms with Crippen LogP contribution in [0.15, 0.2) is 6.07 Å². The Morgan fingerprint density at radius 2 is 2.25 bits per heavy atom. The third kappa shape index (κ3) is 3.20. The van der Waals surface area contributed by atoms with Crippen LogP contribution in [0.2, 0.25) is 8.67 Å². The highest BCUT2D eigenvalue weighted by Crippen LogP contribution is 2.32. The molecule has 1 aliphatic carbocycles. The molecule has 1 aromatic heterocycles. The van der Waals surface area contributed by atoms with Crippen LogP contribution in [-0.2, 0) is 0 Å². The standard InChI is InChI=1S/C11H13Cl2NOS/c1-14(5-7-2-3-7)6-9(15)8-4-10(12)16-11(8)13/h4,7H,2-3,5-6H2,1H3. The number of halogens is 2. The Balaban J connectivity index is 1.93. The number of hydrogen-bond donors (Lipinski definition) is 0. The maximum atomic E-state index is 11.9. The third-order valence-electron chi connectivity index (χ3n) is 2.64. The van der Waals surface area contributed by atoms with Crippen LogP contribution in [0.5, 0.6) is 0 Å². The average molecular weight is 278 g/mol. The molecule has 1 saturated carbocycles. The molecule has 0 unspecified atom stereocenters. The fourth-order valence-corrected chi connectivity index (χ4v) is 3.17. The van der Waals surface area contributed by atoms with Gasteiger partial charge in [-0.1, -0.05) is 23.2 Å². The Kier molecular flexibility index (Phi) is 3.90. The second-order valence-corrected chi connectivity index (χ2v) is 6.59. The van der Waals surface area contributed by atoms with Gasteiger partial charge in [-0.2, -0.15) is 0 Å². The van der Waals surface area contributed by atoms with Gasteiger partial charge in [-0.15, -0.1) is 11.3 Å². The smallest absolute Gasteiger partial charge is 0.179 e. The van der Waals surface area contributed by atoms with Crippen molar-refractivity contribution in [2.75, 3.05) is 20.1 Å². The Morgan fingerprint density at radius 1 is 1.56 bits per heavy atom. The molecule has 88 valence electrons. The fraction of sp³-hybridized carbons (Fsp3) is 0.545. The molecule has 5 heteroatoms. The van der Waals surface area contributed by atoms with Crippen LogP contribution in [0.3, 0.4) is 0 Å². The van der Waals surface area contributed by atoms with E-state index in [1.807, 2.05) is 7.05 Å². The van der Waals surface area contributed by atoms with Gasteiger partial charge in [0.25, 0.3) is 0 Å². The molecule has 0 N–H and O–H groups in total. The highest BCUT2D eigenvalue weighted by molar-refractivity contribution is 7.20. The van der Waals surface area contributed by atoms with Gasteiger partial charge in [-0.25, -0.2) is 0 Å². The zero-order valence-electron chi connectivity index (χ0n) is 9.00. The molecular formula is C11H13Cl2NOS. The molecule has 0 spiro atoms. The lowest BCUT2D eigenvalue weighted by atomic mass is 10.2. The Labute approximate surface area is 109 Å². The number of thiophene rings is 1. The van der Waals surface area contributed by atoms with E-state index in [2.05, 4.69) is 4.90 Å². The van der Waals surface area contributed by atoms with Gasteiger partial charge in [0.15, 0.2) is 5.78 Å². The summed E-state index contributed by atoms with van der Waals surface area (Å²) in [6, 6.07) is 1.65. The monoisotopic (exact) mass is 277 g/mol. The number of nitrogens with zero attached hydrogens (tertiary/aromatic N) is 1. The van der Waals surface area contributed by atoms with Crippen LogP contribution in [0.1, 0.15) is 23.2 Å². The van der Waals surface area contributed by atoms with Crippen molar-refractivity contribution >= 4 is 40.3 Å². The molecule has 0 aliphatic heterocycles. The maximum absolute atomic E-state index is 11.9. The van der Waals surface area contributed by atoms with Gasteiger partial charge in [0, 0.05) is 6.54 Å². The number of Topliss-reactive ketones (excluding diaryl/α,β-unsaturated/α-hetero) is 1. The highest BCUT2D eigenvalue weighted by atomic mass is 35.5. The Morgan fingerprint density at radius 3 is 2.75 bits per heavy atom. The molecule has 0 aromatic carbocycles. The van der Waals surface area contributed by atoms with Crippen LogP contribution >= 0.6 is 34.5 Å². The molecule has 0 radical (unpaired) electrons. The summed E-state index contributed by atoms with van der Waals surface area (Å²) in [5.41, 5.74) is 0.555. The van der Waals surface area contributed by atoms with Crippen molar-refractivity contribution in [3.8, 4) is 0 Å². The summed E-state index contributed by atoms with van der Waals surface area (Å²) >= 11 is 13.0. The van der Waals surface area contributed by atoms with Crippen LogP contribution in [0, 0.1) is 5.92 Å². The molecule has 1 aliphatic rings. The number of hydrogen-bond acceptors (Lipinski definition) is 3. The van der Waals surface area contributed by atoms with Gasteiger partial charge in [-0.3, -0.25) is 9.69 Å². The third-order valence-corrected chi connectivity index (χ3v) is 4.13. The van der Waals surface area contributed by atoms with Gasteiger partial charge in [0.2, 0.25) is 0 Å². The minimum absolute atomic E-state index is 0.0521. The molecule has 0 bridgehead atoms. The van der Waals surface area contributed by atoms with E-state index in [0.29, 0.717) is 20.8 Å². The summed E-state index contributed by atoms with van der Waals surface area (Å²) in [6.45, 7) is 1.42. The lowest BCUT2D eigenvalue weighted by molar-refractivity contribution is 0.0945. The summed E-state index contributed by atoms with van der Waals surface area (Å²) in [4.78, 5) is 14.0. The van der Waals surface area contributed by atoms with E-state index in [1.54, 1.807) is 6.07 Å². The first-order chi connectivity index (χ1) is 7.56. The van der Waals surface area contributed by atoms with Crippen molar-refractivity contribution < 1.29 is 4.79 Å². The van der Waals surface area contributed by atoms with E-state index in [-0.39, 0.29) is 5.78 Å². The van der Waals surface area contributed by atoms with E-state index >= 15 is 0 Å². The maximum Gasteiger partial charge on any atom is 0.179 e. The Hall–Kier alpha value is -0.0900. The molecule has 2 nitrogen and oxygen atoms in total. The van der Waals surface area contributed by atoms with Crippen LogP contribution in [-0.4, -0.2) is 30.8 Å². The van der Waals surface area contributed by atoms with E-state index in [4.69, 9.17) is 23.2 Å². The normalized spacial score (nSPS) is 15.8. The summed E-state index contributed by atoms with van der Waals surface area (Å²) in [5.74, 6) is 0.843. The van der Waals surface area contributed by atoms with Crippen molar-refractivity contribution in [2.24, 2.45) is 5.92 Å². The Bertz CT molecular complexity index is 401. The first-order valence-electron chi connectivity index (χ1n) is 5.23. The minimum Gasteiger partial charge on any atom is -0.299 e. The topological polar surface area (TPSA) is 20.3 Å². The SMILES string of the molecule is CN(CC(=O)c1cc(Cl)sc1Cl)CC1CC1. The summed E-state index contributed by atoms with van der Waals surface area (Å²) in [5, 5.41) is 0. The van der Waals surface area contributed by atoms with Gasteiger partial charge in [0.05, 0.1) is 16.4 Å². The summed E-state index contributed by atoms with van der Waals surface area (Å²) in [7, 11) is 1.97. The predicted molar refractivity (Wildman–Crippen MR) is 68.9 cm³/mol. The van der Waals surface area contributed by atoms with E-state index in [0.717, 1.165) is 12.5 Å². The van der Waals surface area contributed by atoms with E-state index in [1.165, 1.54) is 24.2 Å². The molecule has 2 rings (SSSR count). The zero-order valence-corrected chi connectivity index (χ0v) is 11.3. The van der Waals surface area contributed by atoms with Crippen LogP contribution < -0.4 is 0 Å². The molecule has 1 fully saturated rings. The van der Waals surface area contributed by atoms with Crippen molar-refractivity contribution in [2.45, 2.75) is 12.8 Å². The van der Waals surface area contributed by atoms with Crippen molar-refractivity contribution in [1.29, 1.82) is 0 Å². The van der Waals surface area contributed by atoms with Crippen LogP contribution in [0.25, 0.3) is 0 Å². The van der Waals surface area contributed by atoms with Gasteiger partial charge in [-0.05, 0) is 31.9 Å². The van der Waals surface area contributed by atoms with Crippen molar-refractivity contribution in [3.63, 3.8) is 0 Å². The second-order valence-electron chi connectivity index (χ2n) is 4.30. The molecule has 0 amide bonds. The van der Waals surface area contributed by atoms with Crippen molar-refractivity contribution in [1.82, 2.24) is 4.90 Å².